The highest BCUT2D eigenvalue weighted by atomic mass is 32.2. The summed E-state index contributed by atoms with van der Waals surface area (Å²) in [6.45, 7) is 3.65. The van der Waals surface area contributed by atoms with Crippen molar-refractivity contribution in [2.24, 2.45) is 0 Å². The number of nitriles is 1. The summed E-state index contributed by atoms with van der Waals surface area (Å²) in [7, 11) is -2.67. The van der Waals surface area contributed by atoms with E-state index in [-0.39, 0.29) is 17.0 Å². The lowest BCUT2D eigenvalue weighted by atomic mass is 9.95. The first-order valence-corrected chi connectivity index (χ1v) is 11.5. The fraction of sp³-hybridized carbons (Fsp3) is 0.200. The number of carbonyl (C=O) groups excluding carboxylic acids is 1. The number of hydrogen-bond acceptors (Lipinski definition) is 4. The van der Waals surface area contributed by atoms with Gasteiger partial charge in [-0.25, -0.2) is 8.42 Å². The molecule has 6 nitrogen and oxygen atoms in total. The number of carbonyl (C=O) groups is 1. The Morgan fingerprint density at radius 1 is 0.969 bits per heavy atom. The Hall–Kier alpha value is -3.47. The Morgan fingerprint density at radius 2 is 1.62 bits per heavy atom. The van der Waals surface area contributed by atoms with Crippen molar-refractivity contribution in [1.82, 2.24) is 9.62 Å². The van der Waals surface area contributed by atoms with E-state index >= 15 is 0 Å². The molecule has 0 radical (unpaired) electrons. The molecule has 32 heavy (non-hydrogen) atoms. The fourth-order valence-electron chi connectivity index (χ4n) is 3.39. The number of nitrogens with zero attached hydrogens (tertiary/aromatic N) is 2. The lowest BCUT2D eigenvalue weighted by molar-refractivity contribution is -0.121. The molecular weight excluding hydrogens is 422 g/mol. The number of amides is 1. The molecule has 7 heteroatoms. The molecule has 0 bridgehead atoms. The van der Waals surface area contributed by atoms with Gasteiger partial charge in [0, 0.05) is 7.05 Å². The second-order valence-electron chi connectivity index (χ2n) is 7.62. The third kappa shape index (κ3) is 5.05. The lowest BCUT2D eigenvalue weighted by Crippen LogP contribution is -2.40. The summed E-state index contributed by atoms with van der Waals surface area (Å²) >= 11 is 0. The zero-order chi connectivity index (χ0) is 23.3. The van der Waals surface area contributed by atoms with Crippen molar-refractivity contribution in [2.45, 2.75) is 24.8 Å². The summed E-state index contributed by atoms with van der Waals surface area (Å²) in [5.74, 6) is -0.447. The lowest BCUT2D eigenvalue weighted by Gasteiger charge is -2.23. The van der Waals surface area contributed by atoms with Crippen LogP contribution in [0.1, 0.15) is 33.9 Å². The topological polar surface area (TPSA) is 90.3 Å². The van der Waals surface area contributed by atoms with Crippen molar-refractivity contribution < 1.29 is 13.2 Å². The molecule has 0 aromatic heterocycles. The van der Waals surface area contributed by atoms with Crippen LogP contribution in [0.4, 0.5) is 0 Å². The van der Waals surface area contributed by atoms with Crippen LogP contribution in [0, 0.1) is 25.2 Å². The minimum atomic E-state index is -4.00. The van der Waals surface area contributed by atoms with Gasteiger partial charge in [0.05, 0.1) is 23.0 Å². The number of benzene rings is 3. The van der Waals surface area contributed by atoms with Crippen molar-refractivity contribution in [1.29, 1.82) is 5.26 Å². The van der Waals surface area contributed by atoms with E-state index in [9.17, 15) is 18.5 Å². The highest BCUT2D eigenvalue weighted by Crippen LogP contribution is 2.24. The third-order valence-corrected chi connectivity index (χ3v) is 7.23. The Balaban J connectivity index is 1.85. The van der Waals surface area contributed by atoms with Gasteiger partial charge in [-0.3, -0.25) is 4.79 Å². The Kier molecular flexibility index (Phi) is 7.08. The van der Waals surface area contributed by atoms with Gasteiger partial charge in [0.2, 0.25) is 15.9 Å². The Labute approximate surface area is 189 Å². The quantitative estimate of drug-likeness (QED) is 0.598. The number of aryl methyl sites for hydroxylation is 2. The zero-order valence-electron chi connectivity index (χ0n) is 18.2. The molecule has 0 spiro atoms. The monoisotopic (exact) mass is 447 g/mol. The van der Waals surface area contributed by atoms with E-state index in [1.54, 1.807) is 12.1 Å². The summed E-state index contributed by atoms with van der Waals surface area (Å²) in [4.78, 5) is 12.8. The second kappa shape index (κ2) is 9.77. The van der Waals surface area contributed by atoms with Crippen molar-refractivity contribution >= 4 is 15.9 Å². The fourth-order valence-corrected chi connectivity index (χ4v) is 4.66. The van der Waals surface area contributed by atoms with Crippen LogP contribution in [0.2, 0.25) is 0 Å². The molecule has 1 N–H and O–H groups in total. The Morgan fingerprint density at radius 3 is 2.28 bits per heavy atom. The van der Waals surface area contributed by atoms with Gasteiger partial charge in [-0.2, -0.15) is 9.57 Å². The van der Waals surface area contributed by atoms with Gasteiger partial charge in [-0.15, -0.1) is 0 Å². The van der Waals surface area contributed by atoms with Crippen LogP contribution >= 0.6 is 0 Å². The number of hydrogen-bond donors (Lipinski definition) is 1. The maximum atomic E-state index is 13.0. The number of sulfonamides is 1. The van der Waals surface area contributed by atoms with Crippen LogP contribution in [-0.4, -0.2) is 32.2 Å². The van der Waals surface area contributed by atoms with Crippen molar-refractivity contribution in [2.75, 3.05) is 13.6 Å². The summed E-state index contributed by atoms with van der Waals surface area (Å²) in [5.41, 5.74) is 4.09. The van der Waals surface area contributed by atoms with Gasteiger partial charge in [-0.1, -0.05) is 60.7 Å². The van der Waals surface area contributed by atoms with Crippen LogP contribution in [0.15, 0.2) is 77.7 Å². The highest BCUT2D eigenvalue weighted by molar-refractivity contribution is 7.89. The van der Waals surface area contributed by atoms with E-state index in [1.807, 2.05) is 68.4 Å². The van der Waals surface area contributed by atoms with Gasteiger partial charge in [-0.05, 0) is 48.2 Å². The van der Waals surface area contributed by atoms with Crippen LogP contribution in [0.5, 0.6) is 0 Å². The van der Waals surface area contributed by atoms with E-state index < -0.39 is 22.0 Å². The molecule has 3 aromatic rings. The minimum Gasteiger partial charge on any atom is -0.344 e. The molecule has 0 saturated heterocycles. The van der Waals surface area contributed by atoms with E-state index in [4.69, 9.17) is 0 Å². The maximum Gasteiger partial charge on any atom is 0.244 e. The minimum absolute atomic E-state index is 0.0389. The van der Waals surface area contributed by atoms with Crippen LogP contribution in [-0.2, 0) is 14.8 Å². The molecule has 0 aliphatic rings. The maximum absolute atomic E-state index is 13.0. The summed E-state index contributed by atoms with van der Waals surface area (Å²) in [5, 5.41) is 12.2. The van der Waals surface area contributed by atoms with Gasteiger partial charge >= 0.3 is 0 Å². The molecular formula is C25H25N3O3S. The number of likely N-dealkylation sites (N-methyl/N-ethyl adjacent to an activating group) is 1. The number of rotatable bonds is 7. The van der Waals surface area contributed by atoms with Crippen LogP contribution in [0.25, 0.3) is 0 Å². The van der Waals surface area contributed by atoms with E-state index in [0.717, 1.165) is 26.6 Å². The van der Waals surface area contributed by atoms with Gasteiger partial charge in [0.15, 0.2) is 0 Å². The number of nitrogens with one attached hydrogen (secondary N) is 1. The molecule has 164 valence electrons. The molecule has 0 saturated carbocycles. The first-order chi connectivity index (χ1) is 15.2. The Bertz CT molecular complexity index is 1270. The van der Waals surface area contributed by atoms with Gasteiger partial charge in [0.25, 0.3) is 0 Å². The van der Waals surface area contributed by atoms with Gasteiger partial charge in [0.1, 0.15) is 6.07 Å². The van der Waals surface area contributed by atoms with E-state index in [2.05, 4.69) is 5.32 Å². The summed E-state index contributed by atoms with van der Waals surface area (Å²) in [6, 6.07) is 22.9. The van der Waals surface area contributed by atoms with Crippen LogP contribution < -0.4 is 5.32 Å². The van der Waals surface area contributed by atoms with Crippen molar-refractivity contribution in [3.05, 3.63) is 101 Å². The predicted octanol–water partition coefficient (Wildman–Crippen LogP) is 3.70. The molecule has 3 aromatic carbocycles. The molecule has 1 atom stereocenters. The zero-order valence-corrected chi connectivity index (χ0v) is 19.1. The molecule has 0 fully saturated rings. The second-order valence-corrected chi connectivity index (χ2v) is 9.64. The molecule has 1 amide bonds. The standard InChI is InChI=1S/C25H25N3O3S/c1-18-13-14-21(15-19(18)2)25(20-9-5-4-6-10-20)27-24(29)17-28(3)32(30,31)23-12-8-7-11-22(23)16-26/h4-15,25H,17H2,1-3H3,(H,27,29). The SMILES string of the molecule is Cc1ccc(C(NC(=O)CN(C)S(=O)(=O)c2ccccc2C#N)c2ccccc2)cc1C. The van der Waals surface area contributed by atoms with Crippen molar-refractivity contribution in [3.8, 4) is 6.07 Å². The van der Waals surface area contributed by atoms with Gasteiger partial charge < -0.3 is 5.32 Å². The largest absolute Gasteiger partial charge is 0.344 e. The van der Waals surface area contributed by atoms with Crippen LogP contribution in [0.3, 0.4) is 0 Å². The average molecular weight is 448 g/mol. The van der Waals surface area contributed by atoms with Crippen molar-refractivity contribution in [3.63, 3.8) is 0 Å². The summed E-state index contributed by atoms with van der Waals surface area (Å²) < 4.78 is 26.9. The first-order valence-electron chi connectivity index (χ1n) is 10.1. The summed E-state index contributed by atoms with van der Waals surface area (Å²) in [6.07, 6.45) is 0. The average Bonchev–Trinajstić information content (AvgIpc) is 2.79. The molecule has 0 aliphatic heterocycles. The third-order valence-electron chi connectivity index (χ3n) is 5.36. The highest BCUT2D eigenvalue weighted by Gasteiger charge is 2.27. The predicted molar refractivity (Wildman–Crippen MR) is 123 cm³/mol. The normalized spacial score (nSPS) is 12.2. The van der Waals surface area contributed by atoms with E-state index in [0.29, 0.717) is 0 Å². The first kappa shape index (κ1) is 23.2. The smallest absolute Gasteiger partial charge is 0.244 e. The van der Waals surface area contributed by atoms with E-state index in [1.165, 1.54) is 19.2 Å². The molecule has 3 rings (SSSR count). The molecule has 0 heterocycles. The molecule has 0 aliphatic carbocycles. The molecule has 1 unspecified atom stereocenters.